The van der Waals surface area contributed by atoms with E-state index in [0.29, 0.717) is 12.8 Å². The summed E-state index contributed by atoms with van der Waals surface area (Å²) in [6.45, 7) is 0.289. The molecule has 1 aromatic heterocycles. The van der Waals surface area contributed by atoms with E-state index in [1.165, 1.54) is 0 Å². The molecule has 3 rings (SSSR count). The van der Waals surface area contributed by atoms with Gasteiger partial charge in [-0.25, -0.2) is 0 Å². The van der Waals surface area contributed by atoms with Crippen molar-refractivity contribution < 1.29 is 13.9 Å². The summed E-state index contributed by atoms with van der Waals surface area (Å²) in [6, 6.07) is 13.7. The fourth-order valence-electron chi connectivity index (χ4n) is 2.40. The molecule has 2 heterocycles. The molecule has 102 valence electrons. The lowest BCUT2D eigenvalue weighted by Gasteiger charge is -2.11. The highest BCUT2D eigenvalue weighted by molar-refractivity contribution is 5.77. The average molecular weight is 268 g/mol. The summed E-state index contributed by atoms with van der Waals surface area (Å²) >= 11 is 0. The summed E-state index contributed by atoms with van der Waals surface area (Å²) in [5.41, 5.74) is 2.10. The number of cyclic esters (lactones) is 1. The molecule has 0 fully saturated rings. The van der Waals surface area contributed by atoms with Gasteiger partial charge in [-0.2, -0.15) is 0 Å². The molecule has 0 amide bonds. The van der Waals surface area contributed by atoms with Gasteiger partial charge < -0.3 is 9.15 Å². The highest BCUT2D eigenvalue weighted by Crippen LogP contribution is 2.24. The van der Waals surface area contributed by atoms with Crippen molar-refractivity contribution in [3.8, 4) is 0 Å². The maximum atomic E-state index is 12.0. The molecule has 2 aromatic rings. The number of furan rings is 1. The first kappa shape index (κ1) is 12.7. The molecule has 3 heteroatoms. The second-order valence-corrected chi connectivity index (χ2v) is 4.94. The molecule has 0 saturated carbocycles. The molecule has 0 aliphatic carbocycles. The highest BCUT2D eigenvalue weighted by Gasteiger charge is 2.23. The number of esters is 1. The zero-order chi connectivity index (χ0) is 13.8. The molecule has 0 N–H and O–H groups in total. The van der Waals surface area contributed by atoms with Gasteiger partial charge in [0.25, 0.3) is 0 Å². The molecule has 3 nitrogen and oxygen atoms in total. The van der Waals surface area contributed by atoms with Crippen LogP contribution in [0, 0.1) is 5.92 Å². The van der Waals surface area contributed by atoms with Gasteiger partial charge in [0.2, 0.25) is 0 Å². The van der Waals surface area contributed by atoms with E-state index in [4.69, 9.17) is 9.15 Å². The smallest absolute Gasteiger partial charge is 0.309 e. The third-order valence-electron chi connectivity index (χ3n) is 3.51. The second-order valence-electron chi connectivity index (χ2n) is 4.94. The van der Waals surface area contributed by atoms with E-state index >= 15 is 0 Å². The molecule has 1 aromatic carbocycles. The van der Waals surface area contributed by atoms with Crippen LogP contribution in [0.1, 0.15) is 17.7 Å². The molecule has 0 radical (unpaired) electrons. The Balaban J connectivity index is 1.74. The predicted octanol–water partition coefficient (Wildman–Crippen LogP) is 3.47. The predicted molar refractivity (Wildman–Crippen MR) is 75.9 cm³/mol. The Labute approximate surface area is 117 Å². The van der Waals surface area contributed by atoms with Crippen LogP contribution in [0.5, 0.6) is 0 Å². The summed E-state index contributed by atoms with van der Waals surface area (Å²) in [5.74, 6) is 0.523. The molecular weight excluding hydrogens is 252 g/mol. The van der Waals surface area contributed by atoms with Gasteiger partial charge in [-0.05, 0) is 30.5 Å². The van der Waals surface area contributed by atoms with Crippen molar-refractivity contribution in [2.75, 3.05) is 6.61 Å². The monoisotopic (exact) mass is 268 g/mol. The quantitative estimate of drug-likeness (QED) is 0.800. The number of hydrogen-bond donors (Lipinski definition) is 0. The van der Waals surface area contributed by atoms with Crippen molar-refractivity contribution in [1.29, 1.82) is 0 Å². The molecule has 1 aliphatic rings. The first-order chi connectivity index (χ1) is 9.83. The Morgan fingerprint density at radius 3 is 2.70 bits per heavy atom. The lowest BCUT2D eigenvalue weighted by atomic mass is 9.96. The lowest BCUT2D eigenvalue weighted by molar-refractivity contribution is -0.146. The minimum atomic E-state index is -0.133. The average Bonchev–Trinajstić information content (AvgIpc) is 2.95. The fraction of sp³-hybridized carbons (Fsp3) is 0.235. The van der Waals surface area contributed by atoms with E-state index in [-0.39, 0.29) is 18.5 Å². The van der Waals surface area contributed by atoms with Crippen LogP contribution >= 0.6 is 0 Å². The highest BCUT2D eigenvalue weighted by atomic mass is 16.5. The number of allylic oxidation sites excluding steroid dienone is 1. The minimum Gasteiger partial charge on any atom is -0.465 e. The number of benzene rings is 1. The third-order valence-corrected chi connectivity index (χ3v) is 3.51. The molecule has 20 heavy (non-hydrogen) atoms. The van der Waals surface area contributed by atoms with Gasteiger partial charge >= 0.3 is 5.97 Å². The van der Waals surface area contributed by atoms with Gasteiger partial charge in [0.1, 0.15) is 12.4 Å². The van der Waals surface area contributed by atoms with E-state index in [0.717, 1.165) is 16.9 Å². The largest absolute Gasteiger partial charge is 0.465 e. The Morgan fingerprint density at radius 2 is 1.95 bits per heavy atom. The number of hydrogen-bond acceptors (Lipinski definition) is 3. The van der Waals surface area contributed by atoms with Crippen LogP contribution < -0.4 is 0 Å². The van der Waals surface area contributed by atoms with Gasteiger partial charge in [-0.15, -0.1) is 0 Å². The van der Waals surface area contributed by atoms with Gasteiger partial charge in [0, 0.05) is 5.57 Å². The number of carbonyl (C=O) groups excluding carboxylic acids is 1. The second kappa shape index (κ2) is 5.78. The zero-order valence-electron chi connectivity index (χ0n) is 11.1. The Morgan fingerprint density at radius 1 is 1.10 bits per heavy atom. The van der Waals surface area contributed by atoms with Crippen LogP contribution in [0.25, 0.3) is 5.57 Å². The maximum Gasteiger partial charge on any atom is 0.309 e. The Kier molecular flexibility index (Phi) is 3.68. The van der Waals surface area contributed by atoms with Gasteiger partial charge in [-0.3, -0.25) is 4.79 Å². The molecule has 0 bridgehead atoms. The van der Waals surface area contributed by atoms with Crippen LogP contribution in [0.2, 0.25) is 0 Å². The van der Waals surface area contributed by atoms with Crippen LogP contribution in [0.3, 0.4) is 0 Å². The first-order valence-corrected chi connectivity index (χ1v) is 6.76. The number of ether oxygens (including phenoxy) is 1. The molecule has 1 aliphatic heterocycles. The molecular formula is C17H16O3. The van der Waals surface area contributed by atoms with Crippen molar-refractivity contribution >= 4 is 11.5 Å². The molecule has 0 unspecified atom stereocenters. The van der Waals surface area contributed by atoms with Crippen LogP contribution in [-0.2, 0) is 16.0 Å². The van der Waals surface area contributed by atoms with Crippen molar-refractivity contribution in [2.24, 2.45) is 5.92 Å². The van der Waals surface area contributed by atoms with E-state index in [1.807, 2.05) is 42.5 Å². The molecule has 1 atom stereocenters. The number of rotatable bonds is 3. The van der Waals surface area contributed by atoms with Crippen molar-refractivity contribution in [3.63, 3.8) is 0 Å². The lowest BCUT2D eigenvalue weighted by Crippen LogP contribution is -2.18. The SMILES string of the molecule is O=C1OCC(c2ccco2)=CC[C@@H]1Cc1ccccc1. The maximum absolute atomic E-state index is 12.0. The van der Waals surface area contributed by atoms with Crippen LogP contribution in [0.4, 0.5) is 0 Å². The van der Waals surface area contributed by atoms with Crippen molar-refractivity contribution in [1.82, 2.24) is 0 Å². The molecule has 0 spiro atoms. The topological polar surface area (TPSA) is 39.4 Å². The van der Waals surface area contributed by atoms with E-state index in [2.05, 4.69) is 6.08 Å². The van der Waals surface area contributed by atoms with E-state index in [9.17, 15) is 4.79 Å². The Hall–Kier alpha value is -2.29. The first-order valence-electron chi connectivity index (χ1n) is 6.76. The molecule has 0 saturated heterocycles. The van der Waals surface area contributed by atoms with Crippen molar-refractivity contribution in [2.45, 2.75) is 12.8 Å². The van der Waals surface area contributed by atoms with Gasteiger partial charge in [0.15, 0.2) is 0 Å². The summed E-state index contributed by atoms with van der Waals surface area (Å²) in [5, 5.41) is 0. The summed E-state index contributed by atoms with van der Waals surface area (Å²) in [4.78, 5) is 12.0. The van der Waals surface area contributed by atoms with Gasteiger partial charge in [0.05, 0.1) is 12.2 Å². The standard InChI is InChI=1S/C17H16O3/c18-17-14(11-13-5-2-1-3-6-13)8-9-15(12-20-17)16-7-4-10-19-16/h1-7,9-10,14H,8,11-12H2/t14-/m1/s1. The normalized spacial score (nSPS) is 19.1. The number of carbonyl (C=O) groups is 1. The Bertz CT molecular complexity index is 596. The summed E-state index contributed by atoms with van der Waals surface area (Å²) in [6.07, 6.45) is 5.08. The van der Waals surface area contributed by atoms with Crippen LogP contribution in [0.15, 0.2) is 59.2 Å². The third kappa shape index (κ3) is 2.82. The zero-order valence-corrected chi connectivity index (χ0v) is 11.1. The van der Waals surface area contributed by atoms with Gasteiger partial charge in [-0.1, -0.05) is 36.4 Å². The van der Waals surface area contributed by atoms with Crippen molar-refractivity contribution in [3.05, 3.63) is 66.1 Å². The minimum absolute atomic E-state index is 0.120. The fourth-order valence-corrected chi connectivity index (χ4v) is 2.40. The van der Waals surface area contributed by atoms with E-state index in [1.54, 1.807) is 6.26 Å². The summed E-state index contributed by atoms with van der Waals surface area (Å²) in [7, 11) is 0. The van der Waals surface area contributed by atoms with Crippen LogP contribution in [-0.4, -0.2) is 12.6 Å². The van der Waals surface area contributed by atoms with E-state index < -0.39 is 0 Å². The summed E-state index contributed by atoms with van der Waals surface area (Å²) < 4.78 is 10.7.